The first-order valence-corrected chi connectivity index (χ1v) is 9.89. The quantitative estimate of drug-likeness (QED) is 0.488. The second-order valence-corrected chi connectivity index (χ2v) is 7.40. The Morgan fingerprint density at radius 1 is 0.931 bits per heavy atom. The van der Waals surface area contributed by atoms with E-state index in [1.807, 2.05) is 43.5 Å². The molecule has 0 saturated carbocycles. The van der Waals surface area contributed by atoms with Crippen LogP contribution < -0.4 is 15.2 Å². The Bertz CT molecular complexity index is 1130. The van der Waals surface area contributed by atoms with E-state index in [1.54, 1.807) is 19.5 Å². The molecule has 2 aromatic heterocycles. The Morgan fingerprint density at radius 2 is 1.59 bits per heavy atom. The van der Waals surface area contributed by atoms with Crippen LogP contribution in [0.3, 0.4) is 0 Å². The Hall–Kier alpha value is -3.45. The standard InChI is InChI=1S/C22H20N4O2S/c1-13-10-15(18-12-29-22(26-18)19-21(23)25-9-8-24-19)11-14(2)20(13)28-17-6-4-16(27-3)5-7-17/h4-12H,1-3H3,(H2,23,25). The number of anilines is 1. The van der Waals surface area contributed by atoms with Gasteiger partial charge in [-0.25, -0.2) is 15.0 Å². The van der Waals surface area contributed by atoms with Gasteiger partial charge in [-0.2, -0.15) is 0 Å². The average Bonchev–Trinajstić information content (AvgIpc) is 3.21. The fourth-order valence-electron chi connectivity index (χ4n) is 3.05. The molecule has 0 atom stereocenters. The summed E-state index contributed by atoms with van der Waals surface area (Å²) >= 11 is 1.50. The summed E-state index contributed by atoms with van der Waals surface area (Å²) in [6.07, 6.45) is 3.19. The summed E-state index contributed by atoms with van der Waals surface area (Å²) in [5, 5.41) is 2.75. The first-order chi connectivity index (χ1) is 14.0. The Kier molecular flexibility index (Phi) is 5.14. The molecule has 0 aliphatic carbocycles. The summed E-state index contributed by atoms with van der Waals surface area (Å²) in [7, 11) is 1.64. The van der Waals surface area contributed by atoms with Crippen molar-refractivity contribution >= 4 is 17.2 Å². The number of methoxy groups -OCH3 is 1. The molecule has 2 N–H and O–H groups in total. The monoisotopic (exact) mass is 404 g/mol. The fourth-order valence-corrected chi connectivity index (χ4v) is 3.88. The lowest BCUT2D eigenvalue weighted by molar-refractivity contribution is 0.412. The van der Waals surface area contributed by atoms with Gasteiger partial charge in [0.25, 0.3) is 0 Å². The topological polar surface area (TPSA) is 83.2 Å². The zero-order chi connectivity index (χ0) is 20.4. The first kappa shape index (κ1) is 18.9. The summed E-state index contributed by atoms with van der Waals surface area (Å²) < 4.78 is 11.3. The van der Waals surface area contributed by atoms with Crippen molar-refractivity contribution in [1.29, 1.82) is 0 Å². The van der Waals surface area contributed by atoms with Crippen LogP contribution >= 0.6 is 11.3 Å². The smallest absolute Gasteiger partial charge is 0.152 e. The zero-order valence-corrected chi connectivity index (χ0v) is 17.2. The average molecular weight is 404 g/mol. The summed E-state index contributed by atoms with van der Waals surface area (Å²) in [6.45, 7) is 4.06. The minimum absolute atomic E-state index is 0.379. The molecular formula is C22H20N4O2S. The molecule has 146 valence electrons. The van der Waals surface area contributed by atoms with E-state index in [2.05, 4.69) is 22.1 Å². The second kappa shape index (κ2) is 7.89. The largest absolute Gasteiger partial charge is 0.497 e. The van der Waals surface area contributed by atoms with E-state index in [0.717, 1.165) is 44.6 Å². The van der Waals surface area contributed by atoms with Crippen LogP contribution in [0.15, 0.2) is 54.2 Å². The number of rotatable bonds is 5. The van der Waals surface area contributed by atoms with Crippen molar-refractivity contribution in [3.05, 3.63) is 65.3 Å². The van der Waals surface area contributed by atoms with Gasteiger partial charge in [0.1, 0.15) is 28.0 Å². The summed E-state index contributed by atoms with van der Waals surface area (Å²) in [5.41, 5.74) is 10.5. The van der Waals surface area contributed by atoms with Crippen molar-refractivity contribution in [3.63, 3.8) is 0 Å². The van der Waals surface area contributed by atoms with Gasteiger partial charge in [-0.3, -0.25) is 0 Å². The van der Waals surface area contributed by atoms with Crippen LogP contribution in [0.2, 0.25) is 0 Å². The maximum Gasteiger partial charge on any atom is 0.152 e. The molecule has 4 rings (SSSR count). The van der Waals surface area contributed by atoms with Crippen LogP contribution in [0.1, 0.15) is 11.1 Å². The minimum Gasteiger partial charge on any atom is -0.497 e. The third-order valence-electron chi connectivity index (χ3n) is 4.47. The van der Waals surface area contributed by atoms with Gasteiger partial charge >= 0.3 is 0 Å². The maximum absolute atomic E-state index is 6.11. The molecule has 0 fully saturated rings. The van der Waals surface area contributed by atoms with Gasteiger partial charge in [0.05, 0.1) is 12.8 Å². The molecule has 0 saturated heterocycles. The number of benzene rings is 2. The van der Waals surface area contributed by atoms with Gasteiger partial charge in [0, 0.05) is 23.3 Å². The normalized spacial score (nSPS) is 10.7. The Labute approximate surface area is 173 Å². The molecule has 4 aromatic rings. The third kappa shape index (κ3) is 3.90. The number of nitrogens with two attached hydrogens (primary N) is 1. The molecule has 0 radical (unpaired) electrons. The lowest BCUT2D eigenvalue weighted by atomic mass is 10.0. The van der Waals surface area contributed by atoms with Crippen molar-refractivity contribution in [2.75, 3.05) is 12.8 Å². The molecule has 7 heteroatoms. The van der Waals surface area contributed by atoms with Crippen molar-refractivity contribution in [2.45, 2.75) is 13.8 Å². The Balaban J connectivity index is 1.62. The van der Waals surface area contributed by atoms with E-state index in [9.17, 15) is 0 Å². The molecule has 0 aliphatic heterocycles. The van der Waals surface area contributed by atoms with Crippen LogP contribution in [0.5, 0.6) is 17.2 Å². The maximum atomic E-state index is 6.11. The molecule has 0 amide bonds. The predicted molar refractivity (Wildman–Crippen MR) is 116 cm³/mol. The molecular weight excluding hydrogens is 384 g/mol. The van der Waals surface area contributed by atoms with E-state index < -0.39 is 0 Å². The first-order valence-electron chi connectivity index (χ1n) is 9.01. The van der Waals surface area contributed by atoms with Crippen LogP contribution in [0.25, 0.3) is 22.0 Å². The van der Waals surface area contributed by atoms with Crippen molar-refractivity contribution in [3.8, 4) is 39.2 Å². The third-order valence-corrected chi connectivity index (χ3v) is 5.32. The fraction of sp³-hybridized carbons (Fsp3) is 0.136. The lowest BCUT2D eigenvalue weighted by Crippen LogP contribution is -1.96. The zero-order valence-electron chi connectivity index (χ0n) is 16.3. The highest BCUT2D eigenvalue weighted by Gasteiger charge is 2.14. The number of nitrogens with zero attached hydrogens (tertiary/aromatic N) is 3. The lowest BCUT2D eigenvalue weighted by Gasteiger charge is -2.13. The van der Waals surface area contributed by atoms with Crippen molar-refractivity contribution in [2.24, 2.45) is 0 Å². The van der Waals surface area contributed by atoms with E-state index in [0.29, 0.717) is 11.5 Å². The van der Waals surface area contributed by atoms with Gasteiger partial charge in [-0.15, -0.1) is 11.3 Å². The van der Waals surface area contributed by atoms with Crippen molar-refractivity contribution < 1.29 is 9.47 Å². The van der Waals surface area contributed by atoms with Crippen LogP contribution in [0, 0.1) is 13.8 Å². The van der Waals surface area contributed by atoms with Gasteiger partial charge in [0.2, 0.25) is 0 Å². The number of thiazole rings is 1. The van der Waals surface area contributed by atoms with E-state index in [4.69, 9.17) is 20.2 Å². The number of aryl methyl sites for hydroxylation is 2. The molecule has 0 spiro atoms. The number of nitrogen functional groups attached to an aromatic ring is 1. The SMILES string of the molecule is COc1ccc(Oc2c(C)cc(-c3csc(-c4nccnc4N)n3)cc2C)cc1. The van der Waals surface area contributed by atoms with E-state index >= 15 is 0 Å². The van der Waals surface area contributed by atoms with Crippen molar-refractivity contribution in [1.82, 2.24) is 15.0 Å². The highest BCUT2D eigenvalue weighted by atomic mass is 32.1. The van der Waals surface area contributed by atoms with Crippen LogP contribution in [-0.4, -0.2) is 22.1 Å². The van der Waals surface area contributed by atoms with Gasteiger partial charge in [-0.1, -0.05) is 0 Å². The predicted octanol–water partition coefficient (Wildman–Crippen LogP) is 5.27. The van der Waals surface area contributed by atoms with Gasteiger partial charge in [0.15, 0.2) is 5.82 Å². The van der Waals surface area contributed by atoms with Crippen LogP contribution in [0.4, 0.5) is 5.82 Å². The van der Waals surface area contributed by atoms with Crippen LogP contribution in [-0.2, 0) is 0 Å². The molecule has 0 aliphatic rings. The molecule has 29 heavy (non-hydrogen) atoms. The summed E-state index contributed by atoms with van der Waals surface area (Å²) in [5.74, 6) is 2.78. The number of ether oxygens (including phenoxy) is 2. The van der Waals surface area contributed by atoms with Gasteiger partial charge < -0.3 is 15.2 Å². The van der Waals surface area contributed by atoms with E-state index in [-0.39, 0.29) is 0 Å². The number of hydrogen-bond donors (Lipinski definition) is 1. The summed E-state index contributed by atoms with van der Waals surface area (Å²) in [4.78, 5) is 13.1. The van der Waals surface area contributed by atoms with E-state index in [1.165, 1.54) is 11.3 Å². The molecule has 6 nitrogen and oxygen atoms in total. The highest BCUT2D eigenvalue weighted by Crippen LogP contribution is 2.35. The number of hydrogen-bond acceptors (Lipinski definition) is 7. The molecule has 0 bridgehead atoms. The highest BCUT2D eigenvalue weighted by molar-refractivity contribution is 7.13. The Morgan fingerprint density at radius 3 is 2.24 bits per heavy atom. The van der Waals surface area contributed by atoms with Gasteiger partial charge in [-0.05, 0) is 61.4 Å². The molecule has 2 aromatic carbocycles. The number of aromatic nitrogens is 3. The molecule has 0 unspecified atom stereocenters. The summed E-state index contributed by atoms with van der Waals surface area (Å²) in [6, 6.07) is 11.7. The minimum atomic E-state index is 0.379. The molecule has 2 heterocycles. The second-order valence-electron chi connectivity index (χ2n) is 6.54.